The van der Waals surface area contributed by atoms with Gasteiger partial charge in [0.25, 0.3) is 0 Å². The molecule has 0 saturated carbocycles. The lowest BCUT2D eigenvalue weighted by Gasteiger charge is -2.23. The van der Waals surface area contributed by atoms with Crippen molar-refractivity contribution in [1.82, 2.24) is 4.90 Å². The zero-order valence-corrected chi connectivity index (χ0v) is 18.8. The number of amides is 2. The minimum Gasteiger partial charge on any atom is -0.493 e. The number of likely N-dealkylation sites (tertiary alicyclic amines) is 1. The maximum Gasteiger partial charge on any atom is 0.231 e. The summed E-state index contributed by atoms with van der Waals surface area (Å²) in [6, 6.07) is 10.8. The Hall–Kier alpha value is -3.72. The van der Waals surface area contributed by atoms with Crippen LogP contribution in [0.3, 0.4) is 0 Å². The van der Waals surface area contributed by atoms with Crippen LogP contribution in [0.1, 0.15) is 5.56 Å². The second-order valence-corrected chi connectivity index (χ2v) is 8.84. The van der Waals surface area contributed by atoms with Crippen LogP contribution in [0.4, 0.5) is 5.69 Å². The Labute approximate surface area is 196 Å². The van der Waals surface area contributed by atoms with Crippen molar-refractivity contribution in [3.05, 3.63) is 54.1 Å². The Balaban J connectivity index is 1.21. The number of benzene rings is 2. The maximum absolute atomic E-state index is 13.5. The van der Waals surface area contributed by atoms with E-state index in [1.54, 1.807) is 30.2 Å². The van der Waals surface area contributed by atoms with Gasteiger partial charge in [-0.2, -0.15) is 0 Å². The number of ether oxygens (including phenoxy) is 5. The molecule has 4 heterocycles. The molecule has 0 aliphatic carbocycles. The zero-order chi connectivity index (χ0) is 23.4. The van der Waals surface area contributed by atoms with E-state index in [1.165, 1.54) is 7.11 Å². The zero-order valence-electron chi connectivity index (χ0n) is 18.8. The summed E-state index contributed by atoms with van der Waals surface area (Å²) in [5.41, 5.74) is 0.711. The van der Waals surface area contributed by atoms with Crippen LogP contribution in [0, 0.1) is 11.8 Å². The second kappa shape index (κ2) is 7.66. The minimum atomic E-state index is -0.780. The molecular formula is C25H24N2O7. The smallest absolute Gasteiger partial charge is 0.231 e. The Kier molecular flexibility index (Phi) is 4.70. The van der Waals surface area contributed by atoms with Crippen LogP contribution in [-0.2, 0) is 20.9 Å². The Morgan fingerprint density at radius 3 is 2.76 bits per heavy atom. The summed E-state index contributed by atoms with van der Waals surface area (Å²) in [4.78, 5) is 28.6. The molecule has 0 radical (unpaired) electrons. The fourth-order valence-electron chi connectivity index (χ4n) is 5.41. The van der Waals surface area contributed by atoms with Gasteiger partial charge in [-0.1, -0.05) is 18.2 Å². The molecule has 176 valence electrons. The molecule has 2 amide bonds. The number of carbonyl (C=O) groups is 2. The highest BCUT2D eigenvalue weighted by molar-refractivity contribution is 5.99. The van der Waals surface area contributed by atoms with Gasteiger partial charge in [0.1, 0.15) is 5.60 Å². The average Bonchev–Trinajstić information content (AvgIpc) is 3.60. The van der Waals surface area contributed by atoms with Crippen molar-refractivity contribution in [2.75, 3.05) is 32.9 Å². The normalized spacial score (nSPS) is 27.8. The molecule has 2 saturated heterocycles. The van der Waals surface area contributed by atoms with Crippen molar-refractivity contribution < 1.29 is 33.3 Å². The van der Waals surface area contributed by atoms with Crippen LogP contribution >= 0.6 is 0 Å². The molecule has 1 spiro atoms. The first-order chi connectivity index (χ1) is 16.5. The summed E-state index contributed by atoms with van der Waals surface area (Å²) >= 11 is 0. The topological polar surface area (TPSA) is 95.6 Å². The van der Waals surface area contributed by atoms with E-state index in [4.69, 9.17) is 23.7 Å². The van der Waals surface area contributed by atoms with Gasteiger partial charge in [-0.05, 0) is 29.8 Å². The first-order valence-electron chi connectivity index (χ1n) is 11.1. The van der Waals surface area contributed by atoms with Crippen LogP contribution in [0.5, 0.6) is 23.0 Å². The van der Waals surface area contributed by atoms with E-state index in [0.29, 0.717) is 41.8 Å². The fraction of sp³-hybridized carbons (Fsp3) is 0.360. The van der Waals surface area contributed by atoms with Gasteiger partial charge in [0.2, 0.25) is 18.6 Å². The highest BCUT2D eigenvalue weighted by Crippen LogP contribution is 2.52. The largest absolute Gasteiger partial charge is 0.493 e. The molecule has 4 atom stereocenters. The number of nitrogens with one attached hydrogen (secondary N) is 1. The number of carbonyl (C=O) groups excluding carboxylic acids is 2. The Morgan fingerprint density at radius 1 is 1.12 bits per heavy atom. The van der Waals surface area contributed by atoms with Crippen molar-refractivity contribution in [1.29, 1.82) is 0 Å². The number of rotatable bonds is 6. The van der Waals surface area contributed by atoms with Crippen LogP contribution in [0.2, 0.25) is 0 Å². The molecule has 6 rings (SSSR count). The number of methoxy groups -OCH3 is 2. The van der Waals surface area contributed by atoms with Gasteiger partial charge < -0.3 is 33.9 Å². The molecule has 0 aromatic heterocycles. The molecule has 2 aromatic carbocycles. The quantitative estimate of drug-likeness (QED) is 0.656. The van der Waals surface area contributed by atoms with E-state index < -0.39 is 23.5 Å². The van der Waals surface area contributed by atoms with Crippen LogP contribution < -0.4 is 24.3 Å². The van der Waals surface area contributed by atoms with Gasteiger partial charge in [0.15, 0.2) is 23.0 Å². The van der Waals surface area contributed by atoms with E-state index in [-0.39, 0.29) is 18.6 Å². The lowest BCUT2D eigenvalue weighted by molar-refractivity contribution is -0.136. The van der Waals surface area contributed by atoms with Gasteiger partial charge >= 0.3 is 0 Å². The molecular weight excluding hydrogens is 440 g/mol. The summed E-state index contributed by atoms with van der Waals surface area (Å²) in [7, 11) is 3.09. The van der Waals surface area contributed by atoms with Crippen molar-refractivity contribution in [3.8, 4) is 23.0 Å². The molecule has 9 heteroatoms. The summed E-state index contributed by atoms with van der Waals surface area (Å²) in [6.07, 6.45) is 3.41. The minimum absolute atomic E-state index is 0.0861. The first kappa shape index (κ1) is 20.9. The molecule has 2 fully saturated rings. The van der Waals surface area contributed by atoms with E-state index in [1.807, 2.05) is 30.4 Å². The fourth-order valence-corrected chi connectivity index (χ4v) is 5.41. The van der Waals surface area contributed by atoms with Crippen LogP contribution in [0.15, 0.2) is 48.6 Å². The molecule has 0 unspecified atom stereocenters. The van der Waals surface area contributed by atoms with Crippen molar-refractivity contribution in [3.63, 3.8) is 0 Å². The summed E-state index contributed by atoms with van der Waals surface area (Å²) in [5.74, 6) is 0.909. The van der Waals surface area contributed by atoms with Crippen molar-refractivity contribution in [2.24, 2.45) is 11.8 Å². The van der Waals surface area contributed by atoms with E-state index >= 15 is 0 Å². The van der Waals surface area contributed by atoms with E-state index in [0.717, 1.165) is 5.56 Å². The van der Waals surface area contributed by atoms with Crippen LogP contribution in [-0.4, -0.2) is 56.0 Å². The maximum atomic E-state index is 13.5. The summed E-state index contributed by atoms with van der Waals surface area (Å²) in [6.45, 7) is 1.00. The third kappa shape index (κ3) is 3.11. The summed E-state index contributed by atoms with van der Waals surface area (Å²) < 4.78 is 27.6. The Morgan fingerprint density at radius 2 is 1.94 bits per heavy atom. The number of hydrogen-bond acceptors (Lipinski definition) is 7. The third-order valence-electron chi connectivity index (χ3n) is 6.94. The van der Waals surface area contributed by atoms with E-state index in [2.05, 4.69) is 5.32 Å². The Bertz CT molecular complexity index is 1210. The molecule has 4 aliphatic heterocycles. The highest BCUT2D eigenvalue weighted by Gasteiger charge is 2.66. The van der Waals surface area contributed by atoms with Crippen molar-refractivity contribution >= 4 is 17.5 Å². The molecule has 1 N–H and O–H groups in total. The lowest BCUT2D eigenvalue weighted by atomic mass is 9.77. The molecule has 34 heavy (non-hydrogen) atoms. The third-order valence-corrected chi connectivity index (χ3v) is 6.94. The standard InChI is InChI=1S/C25H24N2O7/c1-30-16-6-4-15(10-19(16)31-2)26-23(28)21-18-7-8-25(34-18)12-27(24(29)22(21)25)11-14-3-5-17-20(9-14)33-13-32-17/h3-10,18,21-22H,11-13H2,1-2H3,(H,26,28)/t18-,21-,22-,25-/m0/s1. The molecule has 9 nitrogen and oxygen atoms in total. The molecule has 4 aliphatic rings. The van der Waals surface area contributed by atoms with Gasteiger partial charge in [-0.3, -0.25) is 9.59 Å². The average molecular weight is 464 g/mol. The SMILES string of the molecule is COc1ccc(NC(=O)[C@H]2[C@@H]3C=C[C@@]4(CN(Cc5ccc6c(c5)OCO6)C(=O)[C@H]24)O3)cc1OC. The number of anilines is 1. The number of fused-ring (bicyclic) bond motifs is 2. The van der Waals surface area contributed by atoms with Gasteiger partial charge in [0, 0.05) is 18.3 Å². The monoisotopic (exact) mass is 464 g/mol. The predicted octanol–water partition coefficient (Wildman–Crippen LogP) is 2.35. The molecule has 2 bridgehead atoms. The number of hydrogen-bond donors (Lipinski definition) is 1. The van der Waals surface area contributed by atoms with Gasteiger partial charge in [0.05, 0.1) is 38.7 Å². The van der Waals surface area contributed by atoms with E-state index in [9.17, 15) is 9.59 Å². The van der Waals surface area contributed by atoms with Gasteiger partial charge in [-0.25, -0.2) is 0 Å². The molecule has 2 aromatic rings. The number of nitrogens with zero attached hydrogens (tertiary/aromatic N) is 1. The van der Waals surface area contributed by atoms with Crippen LogP contribution in [0.25, 0.3) is 0 Å². The first-order valence-corrected chi connectivity index (χ1v) is 11.1. The van der Waals surface area contributed by atoms with Gasteiger partial charge in [-0.15, -0.1) is 0 Å². The second-order valence-electron chi connectivity index (χ2n) is 8.84. The predicted molar refractivity (Wildman–Crippen MR) is 120 cm³/mol. The van der Waals surface area contributed by atoms with Crippen molar-refractivity contribution in [2.45, 2.75) is 18.2 Å². The highest BCUT2D eigenvalue weighted by atomic mass is 16.7. The lowest BCUT2D eigenvalue weighted by Crippen LogP contribution is -2.41. The summed E-state index contributed by atoms with van der Waals surface area (Å²) in [5, 5.41) is 2.93.